The van der Waals surface area contributed by atoms with Crippen LogP contribution in [0.2, 0.25) is 0 Å². The van der Waals surface area contributed by atoms with E-state index in [9.17, 15) is 4.79 Å². The molecule has 7 nitrogen and oxygen atoms in total. The first-order chi connectivity index (χ1) is 14.1. The van der Waals surface area contributed by atoms with Crippen molar-refractivity contribution in [3.05, 3.63) is 29.8 Å². The van der Waals surface area contributed by atoms with Crippen LogP contribution in [-0.2, 0) is 16.1 Å². The maximum absolute atomic E-state index is 11.9. The summed E-state index contributed by atoms with van der Waals surface area (Å²) in [5.41, 5.74) is 1.10. The lowest BCUT2D eigenvalue weighted by atomic mass is 9.89. The number of carbonyl (C=O) groups is 1. The molecule has 0 bridgehead atoms. The number of nitrogens with zero attached hydrogens (tertiary/aromatic N) is 2. The highest BCUT2D eigenvalue weighted by molar-refractivity contribution is 5.84. The fraction of sp³-hybridized carbons (Fsp3) is 0.636. The molecule has 0 aliphatic heterocycles. The van der Waals surface area contributed by atoms with Gasteiger partial charge < -0.3 is 25.0 Å². The van der Waals surface area contributed by atoms with Crippen molar-refractivity contribution in [2.45, 2.75) is 38.7 Å². The van der Waals surface area contributed by atoms with Gasteiger partial charge in [0, 0.05) is 27.2 Å². The van der Waals surface area contributed by atoms with Crippen LogP contribution < -0.4 is 15.4 Å². The van der Waals surface area contributed by atoms with E-state index in [4.69, 9.17) is 9.47 Å². The Labute approximate surface area is 174 Å². The fourth-order valence-corrected chi connectivity index (χ4v) is 3.25. The van der Waals surface area contributed by atoms with Gasteiger partial charge in [-0.25, -0.2) is 4.99 Å². The largest absolute Gasteiger partial charge is 0.497 e. The number of hydrogen-bond acceptors (Lipinski definition) is 4. The molecule has 0 saturated heterocycles. The van der Waals surface area contributed by atoms with E-state index >= 15 is 0 Å². The maximum Gasteiger partial charge on any atom is 0.243 e. The molecule has 1 aliphatic rings. The normalized spacial score (nSPS) is 15.1. The summed E-state index contributed by atoms with van der Waals surface area (Å²) in [7, 11) is 5.14. The van der Waals surface area contributed by atoms with Crippen molar-refractivity contribution in [1.29, 1.82) is 0 Å². The first kappa shape index (κ1) is 23.0. The lowest BCUT2D eigenvalue weighted by Gasteiger charge is -2.23. The van der Waals surface area contributed by atoms with Crippen molar-refractivity contribution in [3.63, 3.8) is 0 Å². The number of guanidine groups is 1. The van der Waals surface area contributed by atoms with Gasteiger partial charge in [0.1, 0.15) is 12.3 Å². The number of methoxy groups -OCH3 is 1. The second kappa shape index (κ2) is 13.0. The van der Waals surface area contributed by atoms with E-state index in [0.717, 1.165) is 17.9 Å². The van der Waals surface area contributed by atoms with Gasteiger partial charge in [0.2, 0.25) is 5.91 Å². The third kappa shape index (κ3) is 9.17. The Hall–Kier alpha value is -2.28. The standard InChI is InChI=1S/C22H36N4O3/c1-26(2)21(27)16-25-22(24-15-18-7-5-4-6-8-18)23-13-14-29-17-19-9-11-20(28-3)12-10-19/h9-12,18H,4-8,13-17H2,1-3H3,(H2,23,24,25). The first-order valence-corrected chi connectivity index (χ1v) is 10.5. The van der Waals surface area contributed by atoms with Crippen molar-refractivity contribution >= 4 is 11.9 Å². The molecule has 7 heteroatoms. The summed E-state index contributed by atoms with van der Waals surface area (Å²) >= 11 is 0. The Bertz CT molecular complexity index is 625. The molecule has 1 aromatic rings. The molecule has 0 atom stereocenters. The number of ether oxygens (including phenoxy) is 2. The molecule has 2 rings (SSSR count). The summed E-state index contributed by atoms with van der Waals surface area (Å²) in [5.74, 6) is 2.19. The third-order valence-corrected chi connectivity index (χ3v) is 5.12. The molecule has 2 N–H and O–H groups in total. The van der Waals surface area contributed by atoms with E-state index < -0.39 is 0 Å². The Morgan fingerprint density at radius 3 is 2.52 bits per heavy atom. The van der Waals surface area contributed by atoms with Crippen molar-refractivity contribution < 1.29 is 14.3 Å². The first-order valence-electron chi connectivity index (χ1n) is 10.5. The zero-order valence-electron chi connectivity index (χ0n) is 18.1. The highest BCUT2D eigenvalue weighted by Crippen LogP contribution is 2.22. The second-order valence-electron chi connectivity index (χ2n) is 7.67. The molecule has 1 aromatic carbocycles. The summed E-state index contributed by atoms with van der Waals surface area (Å²) in [5, 5.41) is 6.68. The molecular weight excluding hydrogens is 368 g/mol. The Morgan fingerprint density at radius 2 is 1.86 bits per heavy atom. The molecule has 162 valence electrons. The van der Waals surface area contributed by atoms with Crippen LogP contribution in [0, 0.1) is 5.92 Å². The number of benzene rings is 1. The fourth-order valence-electron chi connectivity index (χ4n) is 3.25. The number of rotatable bonds is 10. The summed E-state index contributed by atoms with van der Waals surface area (Å²) in [6.45, 7) is 2.77. The van der Waals surface area contributed by atoms with Gasteiger partial charge in [0.15, 0.2) is 5.96 Å². The van der Waals surface area contributed by atoms with Crippen LogP contribution in [0.1, 0.15) is 37.7 Å². The van der Waals surface area contributed by atoms with E-state index in [-0.39, 0.29) is 12.5 Å². The summed E-state index contributed by atoms with van der Waals surface area (Å²) in [6.07, 6.45) is 6.50. The molecule has 0 aromatic heterocycles. The number of nitrogens with one attached hydrogen (secondary N) is 2. The van der Waals surface area contributed by atoms with Crippen molar-refractivity contribution in [2.75, 3.05) is 47.4 Å². The number of aliphatic imine (C=N–C) groups is 1. The average Bonchev–Trinajstić information content (AvgIpc) is 2.75. The molecule has 29 heavy (non-hydrogen) atoms. The molecular formula is C22H36N4O3. The molecule has 0 spiro atoms. The van der Waals surface area contributed by atoms with Gasteiger partial charge in [-0.3, -0.25) is 4.79 Å². The average molecular weight is 405 g/mol. The van der Waals surface area contributed by atoms with Gasteiger partial charge in [-0.05, 0) is 36.5 Å². The van der Waals surface area contributed by atoms with E-state index in [2.05, 4.69) is 15.6 Å². The van der Waals surface area contributed by atoms with E-state index in [0.29, 0.717) is 31.6 Å². The quantitative estimate of drug-likeness (QED) is 0.356. The van der Waals surface area contributed by atoms with Crippen LogP contribution in [0.5, 0.6) is 5.75 Å². The summed E-state index contributed by atoms with van der Waals surface area (Å²) in [4.78, 5) is 17.9. The zero-order chi connectivity index (χ0) is 20.9. The minimum Gasteiger partial charge on any atom is -0.497 e. The number of amides is 1. The Balaban J connectivity index is 1.74. The molecule has 0 unspecified atom stereocenters. The molecule has 1 aliphatic carbocycles. The van der Waals surface area contributed by atoms with Gasteiger partial charge in [-0.15, -0.1) is 0 Å². The van der Waals surface area contributed by atoms with Crippen molar-refractivity contribution in [1.82, 2.24) is 15.5 Å². The van der Waals surface area contributed by atoms with Crippen molar-refractivity contribution in [2.24, 2.45) is 10.9 Å². The third-order valence-electron chi connectivity index (χ3n) is 5.12. The van der Waals surface area contributed by atoms with Gasteiger partial charge in [-0.1, -0.05) is 31.4 Å². The van der Waals surface area contributed by atoms with E-state index in [1.165, 1.54) is 32.1 Å². The van der Waals surface area contributed by atoms with Crippen molar-refractivity contribution in [3.8, 4) is 5.75 Å². The van der Waals surface area contributed by atoms with Crippen LogP contribution in [0.15, 0.2) is 29.3 Å². The van der Waals surface area contributed by atoms with Gasteiger partial charge >= 0.3 is 0 Å². The highest BCUT2D eigenvalue weighted by Gasteiger charge is 2.14. The monoisotopic (exact) mass is 404 g/mol. The summed E-state index contributed by atoms with van der Waals surface area (Å²) in [6, 6.07) is 7.85. The van der Waals surface area contributed by atoms with Gasteiger partial charge in [-0.2, -0.15) is 0 Å². The molecule has 1 saturated carbocycles. The predicted molar refractivity (Wildman–Crippen MR) is 116 cm³/mol. The van der Waals surface area contributed by atoms with Crippen LogP contribution in [0.3, 0.4) is 0 Å². The molecule has 1 fully saturated rings. The Kier molecular flexibility index (Phi) is 10.3. The SMILES string of the molecule is COc1ccc(COCCNC(=NCC(=O)N(C)C)NCC2CCCCC2)cc1. The number of likely N-dealkylation sites (N-methyl/N-ethyl adjacent to an activating group) is 1. The second-order valence-corrected chi connectivity index (χ2v) is 7.67. The molecule has 1 amide bonds. The van der Waals surface area contributed by atoms with Gasteiger partial charge in [0.25, 0.3) is 0 Å². The topological polar surface area (TPSA) is 75.2 Å². The maximum atomic E-state index is 11.9. The molecule has 0 heterocycles. The summed E-state index contributed by atoms with van der Waals surface area (Å²) < 4.78 is 10.9. The number of carbonyl (C=O) groups excluding carboxylic acids is 1. The minimum atomic E-state index is -0.0143. The van der Waals surface area contributed by atoms with Crippen LogP contribution in [0.4, 0.5) is 0 Å². The number of hydrogen-bond donors (Lipinski definition) is 2. The van der Waals surface area contributed by atoms with E-state index in [1.807, 2.05) is 24.3 Å². The lowest BCUT2D eigenvalue weighted by molar-refractivity contribution is -0.127. The predicted octanol–water partition coefficient (Wildman–Crippen LogP) is 2.42. The minimum absolute atomic E-state index is 0.0143. The smallest absolute Gasteiger partial charge is 0.243 e. The van der Waals surface area contributed by atoms with Gasteiger partial charge in [0.05, 0.1) is 20.3 Å². The zero-order valence-corrected chi connectivity index (χ0v) is 18.1. The van der Waals surface area contributed by atoms with Crippen LogP contribution in [0.25, 0.3) is 0 Å². The van der Waals surface area contributed by atoms with Crippen LogP contribution in [-0.4, -0.2) is 64.2 Å². The van der Waals surface area contributed by atoms with Crippen LogP contribution >= 0.6 is 0 Å². The molecule has 0 radical (unpaired) electrons. The van der Waals surface area contributed by atoms with E-state index in [1.54, 1.807) is 26.1 Å². The highest BCUT2D eigenvalue weighted by atomic mass is 16.5. The Morgan fingerprint density at radius 1 is 1.14 bits per heavy atom. The lowest BCUT2D eigenvalue weighted by Crippen LogP contribution is -2.42.